The summed E-state index contributed by atoms with van der Waals surface area (Å²) in [6.45, 7) is 5.16. The first-order valence-corrected chi connectivity index (χ1v) is 6.23. The van der Waals surface area contributed by atoms with Crippen LogP contribution >= 0.6 is 11.6 Å². The number of aromatic amines is 1. The highest BCUT2D eigenvalue weighted by atomic mass is 35.5. The lowest BCUT2D eigenvalue weighted by molar-refractivity contribution is 0.341. The van der Waals surface area contributed by atoms with Gasteiger partial charge in [-0.25, -0.2) is 4.98 Å². The Bertz CT molecular complexity index is 525. The molecule has 2 aromatic rings. The van der Waals surface area contributed by atoms with Crippen LogP contribution in [0.25, 0.3) is 0 Å². The molecule has 0 radical (unpaired) electrons. The molecule has 0 saturated heterocycles. The van der Waals surface area contributed by atoms with Gasteiger partial charge in [-0.2, -0.15) is 0 Å². The number of benzene rings is 1. The lowest BCUT2D eigenvalue weighted by Gasteiger charge is -2.12. The lowest BCUT2D eigenvalue weighted by Crippen LogP contribution is -2.03. The van der Waals surface area contributed by atoms with Crippen molar-refractivity contribution in [3.05, 3.63) is 40.9 Å². The molecule has 2 rings (SSSR count). The van der Waals surface area contributed by atoms with Gasteiger partial charge in [0.2, 0.25) is 0 Å². The molecule has 0 aliphatic heterocycles. The Balaban J connectivity index is 2.09. The maximum absolute atomic E-state index is 5.99. The smallest absolute Gasteiger partial charge is 0.142 e. The number of aromatic nitrogens is 2. The number of rotatable bonds is 5. The van der Waals surface area contributed by atoms with Crippen LogP contribution in [0.15, 0.2) is 24.4 Å². The molecule has 0 fully saturated rings. The third kappa shape index (κ3) is 3.17. The quantitative estimate of drug-likeness (QED) is 0.871. The van der Waals surface area contributed by atoms with Gasteiger partial charge < -0.3 is 15.0 Å². The molecule has 0 aliphatic carbocycles. The number of H-pyrrole nitrogens is 1. The molecular weight excluding hydrogens is 250 g/mol. The van der Waals surface area contributed by atoms with Crippen molar-refractivity contribution in [2.75, 3.05) is 11.9 Å². The SMILES string of the molecule is CCOc1ccc(Cl)cc1NCc1cnc(C)[nH]1. The molecule has 18 heavy (non-hydrogen) atoms. The van der Waals surface area contributed by atoms with E-state index in [2.05, 4.69) is 15.3 Å². The van der Waals surface area contributed by atoms with Crippen LogP contribution in [0.4, 0.5) is 5.69 Å². The van der Waals surface area contributed by atoms with Gasteiger partial charge in [0.25, 0.3) is 0 Å². The number of ether oxygens (including phenoxy) is 1. The molecule has 0 unspecified atom stereocenters. The summed E-state index contributed by atoms with van der Waals surface area (Å²) in [7, 11) is 0. The van der Waals surface area contributed by atoms with Crippen LogP contribution in [-0.2, 0) is 6.54 Å². The van der Waals surface area contributed by atoms with Crippen LogP contribution < -0.4 is 10.1 Å². The minimum atomic E-state index is 0.624. The third-order valence-electron chi connectivity index (χ3n) is 2.47. The summed E-state index contributed by atoms with van der Waals surface area (Å²) in [6.07, 6.45) is 1.81. The van der Waals surface area contributed by atoms with Gasteiger partial charge in [0.1, 0.15) is 11.6 Å². The van der Waals surface area contributed by atoms with Gasteiger partial charge in [-0.05, 0) is 32.0 Å². The predicted molar refractivity (Wildman–Crippen MR) is 73.3 cm³/mol. The largest absolute Gasteiger partial charge is 0.492 e. The van der Waals surface area contributed by atoms with Crippen molar-refractivity contribution in [2.24, 2.45) is 0 Å². The second-order valence-electron chi connectivity index (χ2n) is 3.92. The molecular formula is C13H16ClN3O. The second kappa shape index (κ2) is 5.78. The van der Waals surface area contributed by atoms with E-state index in [1.54, 1.807) is 0 Å². The van der Waals surface area contributed by atoms with Crippen LogP contribution in [0.5, 0.6) is 5.75 Å². The lowest BCUT2D eigenvalue weighted by atomic mass is 10.3. The Morgan fingerprint density at radius 3 is 2.94 bits per heavy atom. The van der Waals surface area contributed by atoms with E-state index in [4.69, 9.17) is 16.3 Å². The summed E-state index contributed by atoms with van der Waals surface area (Å²) >= 11 is 5.99. The highest BCUT2D eigenvalue weighted by molar-refractivity contribution is 6.30. The van der Waals surface area contributed by atoms with Gasteiger partial charge in [0, 0.05) is 5.02 Å². The number of aryl methyl sites for hydroxylation is 1. The van der Waals surface area contributed by atoms with Crippen LogP contribution in [-0.4, -0.2) is 16.6 Å². The fourth-order valence-corrected chi connectivity index (χ4v) is 1.85. The maximum Gasteiger partial charge on any atom is 0.142 e. The van der Waals surface area contributed by atoms with E-state index in [0.717, 1.165) is 23.0 Å². The van der Waals surface area contributed by atoms with Crippen molar-refractivity contribution in [2.45, 2.75) is 20.4 Å². The molecule has 96 valence electrons. The van der Waals surface area contributed by atoms with Crippen LogP contribution in [0.1, 0.15) is 18.4 Å². The van der Waals surface area contributed by atoms with Crippen LogP contribution in [0.3, 0.4) is 0 Å². The average molecular weight is 266 g/mol. The number of imidazole rings is 1. The first-order chi connectivity index (χ1) is 8.69. The molecule has 0 bridgehead atoms. The van der Waals surface area contributed by atoms with Crippen LogP contribution in [0.2, 0.25) is 5.02 Å². The molecule has 5 heteroatoms. The topological polar surface area (TPSA) is 49.9 Å². The molecule has 0 amide bonds. The van der Waals surface area contributed by atoms with Crippen molar-refractivity contribution in [3.8, 4) is 5.75 Å². The van der Waals surface area contributed by atoms with E-state index < -0.39 is 0 Å². The molecule has 1 heterocycles. The molecule has 4 nitrogen and oxygen atoms in total. The minimum Gasteiger partial charge on any atom is -0.492 e. The summed E-state index contributed by atoms with van der Waals surface area (Å²) in [6, 6.07) is 5.54. The first-order valence-electron chi connectivity index (χ1n) is 5.85. The normalized spacial score (nSPS) is 10.4. The summed E-state index contributed by atoms with van der Waals surface area (Å²) in [5.74, 6) is 1.71. The van der Waals surface area contributed by atoms with Crippen molar-refractivity contribution >= 4 is 17.3 Å². The number of halogens is 1. The van der Waals surface area contributed by atoms with Gasteiger partial charge in [-0.3, -0.25) is 0 Å². The zero-order chi connectivity index (χ0) is 13.0. The zero-order valence-electron chi connectivity index (χ0n) is 10.5. The monoisotopic (exact) mass is 265 g/mol. The fourth-order valence-electron chi connectivity index (χ4n) is 1.67. The van der Waals surface area contributed by atoms with E-state index in [0.29, 0.717) is 18.2 Å². The number of hydrogen-bond acceptors (Lipinski definition) is 3. The van der Waals surface area contributed by atoms with E-state index >= 15 is 0 Å². The predicted octanol–water partition coefficient (Wildman–Crippen LogP) is 3.38. The van der Waals surface area contributed by atoms with E-state index in [9.17, 15) is 0 Å². The second-order valence-corrected chi connectivity index (χ2v) is 4.36. The van der Waals surface area contributed by atoms with Crippen molar-refractivity contribution in [3.63, 3.8) is 0 Å². The first kappa shape index (κ1) is 12.8. The Morgan fingerprint density at radius 1 is 1.44 bits per heavy atom. The summed E-state index contributed by atoms with van der Waals surface area (Å²) < 4.78 is 5.54. The summed E-state index contributed by atoms with van der Waals surface area (Å²) in [4.78, 5) is 7.32. The van der Waals surface area contributed by atoms with E-state index in [-0.39, 0.29) is 0 Å². The number of anilines is 1. The summed E-state index contributed by atoms with van der Waals surface area (Å²) in [5.41, 5.74) is 1.91. The zero-order valence-corrected chi connectivity index (χ0v) is 11.2. The minimum absolute atomic E-state index is 0.624. The number of nitrogens with zero attached hydrogens (tertiary/aromatic N) is 1. The van der Waals surface area contributed by atoms with Gasteiger partial charge in [0.15, 0.2) is 0 Å². The molecule has 1 aromatic carbocycles. The number of hydrogen-bond donors (Lipinski definition) is 2. The van der Waals surface area contributed by atoms with Crippen molar-refractivity contribution < 1.29 is 4.74 Å². The molecule has 0 atom stereocenters. The van der Waals surface area contributed by atoms with Gasteiger partial charge in [0.05, 0.1) is 30.7 Å². The van der Waals surface area contributed by atoms with E-state index in [1.807, 2.05) is 38.2 Å². The Labute approximate surface area is 111 Å². The molecule has 0 spiro atoms. The van der Waals surface area contributed by atoms with Gasteiger partial charge >= 0.3 is 0 Å². The maximum atomic E-state index is 5.99. The van der Waals surface area contributed by atoms with Gasteiger partial charge in [-0.1, -0.05) is 11.6 Å². The standard InChI is InChI=1S/C13H16ClN3O/c1-3-18-13-5-4-10(14)6-12(13)16-8-11-7-15-9(2)17-11/h4-7,16H,3,8H2,1-2H3,(H,15,17). The molecule has 2 N–H and O–H groups in total. The van der Waals surface area contributed by atoms with Crippen molar-refractivity contribution in [1.29, 1.82) is 0 Å². The Hall–Kier alpha value is -1.68. The number of nitrogens with one attached hydrogen (secondary N) is 2. The molecule has 0 aliphatic rings. The molecule has 1 aromatic heterocycles. The van der Waals surface area contributed by atoms with Crippen LogP contribution in [0, 0.1) is 6.92 Å². The fraction of sp³-hybridized carbons (Fsp3) is 0.308. The average Bonchev–Trinajstić information content (AvgIpc) is 2.76. The van der Waals surface area contributed by atoms with Crippen molar-refractivity contribution in [1.82, 2.24) is 9.97 Å². The summed E-state index contributed by atoms with van der Waals surface area (Å²) in [5, 5.41) is 3.97. The highest BCUT2D eigenvalue weighted by Gasteiger charge is 2.05. The third-order valence-corrected chi connectivity index (χ3v) is 2.70. The Morgan fingerprint density at radius 2 is 2.28 bits per heavy atom. The molecule has 0 saturated carbocycles. The Kier molecular flexibility index (Phi) is 4.10. The highest BCUT2D eigenvalue weighted by Crippen LogP contribution is 2.28. The van der Waals surface area contributed by atoms with E-state index in [1.165, 1.54) is 0 Å². The van der Waals surface area contributed by atoms with Gasteiger partial charge in [-0.15, -0.1) is 0 Å².